The predicted molar refractivity (Wildman–Crippen MR) is 250 cm³/mol. The number of hydrogen-bond donors (Lipinski definition) is 3. The number of aromatic nitrogens is 4. The largest absolute Gasteiger partial charge is 0.453 e. The Morgan fingerprint density at radius 1 is 0.797 bits per heavy atom. The van der Waals surface area contributed by atoms with Crippen molar-refractivity contribution in [1.29, 1.82) is 0 Å². The molecule has 3 N–H and O–H groups in total. The molecule has 2 saturated carbocycles. The van der Waals surface area contributed by atoms with Crippen LogP contribution in [0.2, 0.25) is 0 Å². The van der Waals surface area contributed by atoms with E-state index in [1.165, 1.54) is 32.8 Å². The van der Waals surface area contributed by atoms with E-state index < -0.39 is 12.1 Å². The lowest BCUT2D eigenvalue weighted by Gasteiger charge is -2.35. The van der Waals surface area contributed by atoms with E-state index in [1.807, 2.05) is 42.1 Å². The fraction of sp³-hybridized carbons (Fsp3) is 0.404. The third-order valence-electron chi connectivity index (χ3n) is 13.2. The molecule has 3 fully saturated rings. The summed E-state index contributed by atoms with van der Waals surface area (Å²) < 4.78 is 4.79. The van der Waals surface area contributed by atoms with Gasteiger partial charge >= 0.3 is 6.09 Å². The summed E-state index contributed by atoms with van der Waals surface area (Å²) in [6, 6.07) is 31.7. The van der Waals surface area contributed by atoms with Gasteiger partial charge < -0.3 is 29.8 Å². The number of benzene rings is 4. The van der Waals surface area contributed by atoms with Gasteiger partial charge in [0.2, 0.25) is 11.8 Å². The van der Waals surface area contributed by atoms with E-state index in [0.29, 0.717) is 31.7 Å². The van der Waals surface area contributed by atoms with E-state index in [1.54, 1.807) is 0 Å². The van der Waals surface area contributed by atoms with Gasteiger partial charge in [-0.2, -0.15) is 0 Å². The van der Waals surface area contributed by atoms with Crippen LogP contribution in [-0.2, 0) is 20.9 Å². The summed E-state index contributed by atoms with van der Waals surface area (Å²) in [6.07, 6.45) is 11.4. The molecule has 332 valence electrons. The molecule has 3 amide bonds. The fourth-order valence-corrected chi connectivity index (χ4v) is 9.38. The maximum absolute atomic E-state index is 14.6. The fourth-order valence-electron chi connectivity index (χ4n) is 9.38. The number of ether oxygens (including phenoxy) is 1. The number of unbranched alkanes of at least 4 members (excludes halogenated alkanes) is 1. The van der Waals surface area contributed by atoms with Crippen LogP contribution in [0.25, 0.3) is 44.4 Å². The molecule has 3 aliphatic rings. The second-order valence-electron chi connectivity index (χ2n) is 18.2. The molecular formula is C52H60N8O4. The van der Waals surface area contributed by atoms with Gasteiger partial charge in [-0.15, -0.1) is 0 Å². The summed E-state index contributed by atoms with van der Waals surface area (Å²) in [6.45, 7) is 7.75. The minimum atomic E-state index is -0.681. The van der Waals surface area contributed by atoms with Gasteiger partial charge in [-0.25, -0.2) is 14.8 Å². The van der Waals surface area contributed by atoms with E-state index in [4.69, 9.17) is 14.7 Å². The monoisotopic (exact) mass is 860 g/mol. The highest BCUT2D eigenvalue weighted by Crippen LogP contribution is 2.44. The molecule has 1 aliphatic heterocycles. The van der Waals surface area contributed by atoms with Crippen LogP contribution in [0.1, 0.15) is 101 Å². The smallest absolute Gasteiger partial charge is 0.407 e. The zero-order chi connectivity index (χ0) is 44.3. The number of hydrogen-bond acceptors (Lipinski definition) is 7. The summed E-state index contributed by atoms with van der Waals surface area (Å²) >= 11 is 0. The average Bonchev–Trinajstić information content (AvgIpc) is 4.18. The summed E-state index contributed by atoms with van der Waals surface area (Å²) in [5.41, 5.74) is 7.19. The second-order valence-corrected chi connectivity index (χ2v) is 18.2. The predicted octanol–water partition coefficient (Wildman–Crippen LogP) is 9.83. The van der Waals surface area contributed by atoms with Crippen molar-refractivity contribution in [2.45, 2.75) is 109 Å². The Labute approximate surface area is 375 Å². The van der Waals surface area contributed by atoms with E-state index in [0.717, 1.165) is 87.3 Å². The molecule has 3 atom stereocenters. The molecule has 6 aromatic rings. The van der Waals surface area contributed by atoms with Crippen LogP contribution in [0.15, 0.2) is 103 Å². The van der Waals surface area contributed by atoms with Gasteiger partial charge in [0.05, 0.1) is 43.5 Å². The molecule has 12 heteroatoms. The molecule has 64 heavy (non-hydrogen) atoms. The van der Waals surface area contributed by atoms with Crippen molar-refractivity contribution >= 4 is 28.7 Å². The summed E-state index contributed by atoms with van der Waals surface area (Å²) in [5.74, 6) is 1.49. The molecule has 2 aliphatic carbocycles. The number of imidazole rings is 2. The van der Waals surface area contributed by atoms with E-state index in [2.05, 4.69) is 112 Å². The molecule has 9 rings (SSSR count). The van der Waals surface area contributed by atoms with Crippen molar-refractivity contribution in [3.05, 3.63) is 121 Å². The number of fused-ring (bicyclic) bond motifs is 1. The summed E-state index contributed by atoms with van der Waals surface area (Å²) in [5, 5.41) is 4.96. The number of amides is 3. The van der Waals surface area contributed by atoms with Crippen molar-refractivity contribution in [3.63, 3.8) is 0 Å². The first kappa shape index (κ1) is 43.0. The standard InChI is InChI=1S/C52H60N8O4/c1-5-6-26-58(51(62)48(36-11-8-7-9-12-36)60(41-22-23-41)42-24-25-42)32-46-53-30-43(55-46)35-16-14-34(15-17-35)37-18-19-39-29-40(21-20-38(39)28-37)44-31-54-49(56-44)45-13-10-27-59(45)50(61)47(33(2)3)57-52(63)64-4/h7-9,11-12,14-21,28-31,33,41-42,45,47-48H,5-6,10,13,22-27,32H2,1-4H3,(H,53,55)(H,54,56)(H,57,63)/t45-,47-,48+/m0/s1. The highest BCUT2D eigenvalue weighted by molar-refractivity contribution is 5.91. The highest BCUT2D eigenvalue weighted by atomic mass is 16.5. The molecule has 3 heterocycles. The Bertz CT molecular complexity index is 2570. The van der Waals surface area contributed by atoms with Gasteiger partial charge in [0, 0.05) is 30.7 Å². The van der Waals surface area contributed by atoms with E-state index in [-0.39, 0.29) is 29.8 Å². The van der Waals surface area contributed by atoms with Gasteiger partial charge in [0.1, 0.15) is 23.7 Å². The molecular weight excluding hydrogens is 801 g/mol. The van der Waals surface area contributed by atoms with Gasteiger partial charge in [-0.3, -0.25) is 14.5 Å². The topological polar surface area (TPSA) is 140 Å². The number of methoxy groups -OCH3 is 1. The van der Waals surface area contributed by atoms with Crippen molar-refractivity contribution < 1.29 is 19.1 Å². The number of H-pyrrole nitrogens is 2. The molecule has 2 aromatic heterocycles. The average molecular weight is 861 g/mol. The molecule has 0 bridgehead atoms. The third kappa shape index (κ3) is 9.33. The number of nitrogens with one attached hydrogen (secondary N) is 3. The first-order valence-corrected chi connectivity index (χ1v) is 23.2. The number of aromatic amines is 2. The lowest BCUT2D eigenvalue weighted by Crippen LogP contribution is -2.51. The highest BCUT2D eigenvalue weighted by Gasteiger charge is 2.47. The Balaban J connectivity index is 0.871. The zero-order valence-corrected chi connectivity index (χ0v) is 37.4. The van der Waals surface area contributed by atoms with Crippen LogP contribution in [-0.4, -0.2) is 90.9 Å². The van der Waals surface area contributed by atoms with Crippen LogP contribution in [0.4, 0.5) is 4.79 Å². The number of carbonyl (C=O) groups excluding carboxylic acids is 3. The van der Waals surface area contributed by atoms with Gasteiger partial charge in [-0.1, -0.05) is 106 Å². The van der Waals surface area contributed by atoms with Crippen molar-refractivity contribution in [2.24, 2.45) is 5.92 Å². The summed E-state index contributed by atoms with van der Waals surface area (Å²) in [4.78, 5) is 63.2. The molecule has 0 radical (unpaired) electrons. The second kappa shape index (κ2) is 18.8. The minimum Gasteiger partial charge on any atom is -0.453 e. The van der Waals surface area contributed by atoms with Crippen LogP contribution >= 0.6 is 0 Å². The number of alkyl carbamates (subject to hydrolysis) is 1. The number of carbonyl (C=O) groups is 3. The quantitative estimate of drug-likeness (QED) is 0.0830. The number of likely N-dealkylation sites (tertiary alicyclic amines) is 1. The van der Waals surface area contributed by atoms with Crippen LogP contribution < -0.4 is 5.32 Å². The van der Waals surface area contributed by atoms with Crippen LogP contribution in [0.5, 0.6) is 0 Å². The maximum atomic E-state index is 14.6. The molecule has 0 spiro atoms. The Morgan fingerprint density at radius 2 is 1.44 bits per heavy atom. The molecule has 4 aromatic carbocycles. The van der Waals surface area contributed by atoms with Crippen LogP contribution in [0, 0.1) is 5.92 Å². The van der Waals surface area contributed by atoms with Gasteiger partial charge in [0.15, 0.2) is 0 Å². The third-order valence-corrected chi connectivity index (χ3v) is 13.2. The molecule has 0 unspecified atom stereocenters. The summed E-state index contributed by atoms with van der Waals surface area (Å²) in [7, 11) is 1.30. The zero-order valence-electron chi connectivity index (χ0n) is 37.4. The van der Waals surface area contributed by atoms with Crippen LogP contribution in [0.3, 0.4) is 0 Å². The molecule has 12 nitrogen and oxygen atoms in total. The SMILES string of the molecule is CCCCN(Cc1ncc(-c2ccc(-c3ccc4cc(-c5cnc([C@@H]6CCCN6C(=O)[C@@H](NC(=O)OC)C(C)C)[nH]5)ccc4c3)cc2)[nH]1)C(=O)[C@@H](c1ccccc1)N(C1CC1)C1CC1. The van der Waals surface area contributed by atoms with E-state index in [9.17, 15) is 14.4 Å². The number of nitrogens with zero attached hydrogens (tertiary/aromatic N) is 5. The lowest BCUT2D eigenvalue weighted by molar-refractivity contribution is -0.139. The lowest BCUT2D eigenvalue weighted by atomic mass is 9.98. The first-order valence-electron chi connectivity index (χ1n) is 23.2. The first-order chi connectivity index (χ1) is 31.2. The minimum absolute atomic E-state index is 0.0981. The van der Waals surface area contributed by atoms with Gasteiger partial charge in [-0.05, 0) is 96.0 Å². The maximum Gasteiger partial charge on any atom is 0.407 e. The Kier molecular flexibility index (Phi) is 12.7. The Morgan fingerprint density at radius 3 is 2.11 bits per heavy atom. The molecule has 1 saturated heterocycles. The van der Waals surface area contributed by atoms with Crippen molar-refractivity contribution in [3.8, 4) is 33.6 Å². The van der Waals surface area contributed by atoms with Crippen molar-refractivity contribution in [2.75, 3.05) is 20.2 Å². The number of rotatable bonds is 17. The Hall–Kier alpha value is -6.27. The normalized spacial score (nSPS) is 17.2. The van der Waals surface area contributed by atoms with Gasteiger partial charge in [0.25, 0.3) is 0 Å². The van der Waals surface area contributed by atoms with E-state index >= 15 is 0 Å². The van der Waals surface area contributed by atoms with Crippen molar-refractivity contribution in [1.82, 2.24) is 40.0 Å².